The monoisotopic (exact) mass is 259 g/mol. The number of rotatable bonds is 3. The molecule has 0 fully saturated rings. The van der Waals surface area contributed by atoms with Crippen LogP contribution in [0.1, 0.15) is 22.6 Å². The number of nitrogens with zero attached hydrogens (tertiary/aromatic N) is 2. The Morgan fingerprint density at radius 3 is 2.21 bits per heavy atom. The van der Waals surface area contributed by atoms with E-state index in [0.717, 1.165) is 39.7 Å². The Hall–Kier alpha value is -1.81. The normalized spacial score (nSPS) is 10.8. The molecule has 0 aliphatic heterocycles. The van der Waals surface area contributed by atoms with E-state index in [2.05, 4.69) is 37.9 Å². The van der Waals surface area contributed by atoms with Gasteiger partial charge in [-0.25, -0.2) is 4.98 Å². The molecule has 1 heterocycles. The van der Waals surface area contributed by atoms with Crippen molar-refractivity contribution in [3.05, 3.63) is 34.8 Å². The Kier molecular flexibility index (Phi) is 3.62. The number of imidazole rings is 1. The van der Waals surface area contributed by atoms with Crippen molar-refractivity contribution in [2.75, 3.05) is 7.11 Å². The molecule has 2 aromatic rings. The summed E-state index contributed by atoms with van der Waals surface area (Å²) in [4.78, 5) is 4.63. The van der Waals surface area contributed by atoms with Gasteiger partial charge in [-0.15, -0.1) is 0 Å². The van der Waals surface area contributed by atoms with E-state index >= 15 is 0 Å². The van der Waals surface area contributed by atoms with Crippen molar-refractivity contribution in [3.8, 4) is 17.0 Å². The molecule has 1 aromatic carbocycles. The topological polar surface area (TPSA) is 53.1 Å². The van der Waals surface area contributed by atoms with Gasteiger partial charge in [0, 0.05) is 18.3 Å². The Morgan fingerprint density at radius 1 is 1.21 bits per heavy atom. The SMILES string of the molecule is COc1c(C)cc(-c2nc(CN)n(C)c2C)cc1C. The average molecular weight is 259 g/mol. The van der Waals surface area contributed by atoms with Crippen LogP contribution in [0.15, 0.2) is 12.1 Å². The second-order valence-corrected chi connectivity index (χ2v) is 4.87. The molecule has 4 nitrogen and oxygen atoms in total. The minimum Gasteiger partial charge on any atom is -0.496 e. The van der Waals surface area contributed by atoms with Crippen molar-refractivity contribution in [1.82, 2.24) is 9.55 Å². The molecule has 0 aliphatic carbocycles. The fraction of sp³-hybridized carbons (Fsp3) is 0.400. The summed E-state index contributed by atoms with van der Waals surface area (Å²) in [5, 5.41) is 0. The highest BCUT2D eigenvalue weighted by molar-refractivity contribution is 5.66. The second kappa shape index (κ2) is 5.05. The zero-order chi connectivity index (χ0) is 14.2. The molecule has 102 valence electrons. The number of hydrogen-bond acceptors (Lipinski definition) is 3. The lowest BCUT2D eigenvalue weighted by molar-refractivity contribution is 0.408. The van der Waals surface area contributed by atoms with E-state index in [9.17, 15) is 0 Å². The summed E-state index contributed by atoms with van der Waals surface area (Å²) >= 11 is 0. The van der Waals surface area contributed by atoms with Gasteiger partial charge in [0.15, 0.2) is 0 Å². The summed E-state index contributed by atoms with van der Waals surface area (Å²) in [5.74, 6) is 1.84. The van der Waals surface area contributed by atoms with Crippen molar-refractivity contribution in [3.63, 3.8) is 0 Å². The highest BCUT2D eigenvalue weighted by Crippen LogP contribution is 2.31. The number of benzene rings is 1. The van der Waals surface area contributed by atoms with Crippen molar-refractivity contribution in [2.45, 2.75) is 27.3 Å². The summed E-state index contributed by atoms with van der Waals surface area (Å²) in [5.41, 5.74) is 11.2. The number of nitrogens with two attached hydrogens (primary N) is 1. The van der Waals surface area contributed by atoms with Crippen molar-refractivity contribution in [2.24, 2.45) is 12.8 Å². The Balaban J connectivity index is 2.60. The average Bonchev–Trinajstić information content (AvgIpc) is 2.65. The van der Waals surface area contributed by atoms with Crippen LogP contribution in [0.5, 0.6) is 5.75 Å². The van der Waals surface area contributed by atoms with Crippen LogP contribution in [-0.2, 0) is 13.6 Å². The quantitative estimate of drug-likeness (QED) is 0.921. The number of aromatic nitrogens is 2. The van der Waals surface area contributed by atoms with Gasteiger partial charge in [0.05, 0.1) is 19.3 Å². The molecule has 0 bridgehead atoms. The Labute approximate surface area is 114 Å². The third-order valence-corrected chi connectivity index (χ3v) is 3.59. The lowest BCUT2D eigenvalue weighted by Gasteiger charge is -2.10. The van der Waals surface area contributed by atoms with E-state index in [0.29, 0.717) is 6.54 Å². The third kappa shape index (κ3) is 2.24. The maximum atomic E-state index is 5.71. The lowest BCUT2D eigenvalue weighted by Crippen LogP contribution is -2.05. The molecule has 0 aliphatic rings. The molecule has 0 atom stereocenters. The van der Waals surface area contributed by atoms with E-state index in [1.54, 1.807) is 7.11 Å². The molecular formula is C15H21N3O. The summed E-state index contributed by atoms with van der Waals surface area (Å²) in [6.45, 7) is 6.62. The third-order valence-electron chi connectivity index (χ3n) is 3.59. The van der Waals surface area contributed by atoms with Gasteiger partial charge in [0.2, 0.25) is 0 Å². The first-order valence-electron chi connectivity index (χ1n) is 6.37. The van der Waals surface area contributed by atoms with E-state index in [-0.39, 0.29) is 0 Å². The maximum absolute atomic E-state index is 5.71. The summed E-state index contributed by atoms with van der Waals surface area (Å²) in [6.07, 6.45) is 0. The van der Waals surface area contributed by atoms with Crippen LogP contribution in [0.3, 0.4) is 0 Å². The molecular weight excluding hydrogens is 238 g/mol. The van der Waals surface area contributed by atoms with E-state index in [4.69, 9.17) is 10.5 Å². The highest BCUT2D eigenvalue weighted by atomic mass is 16.5. The largest absolute Gasteiger partial charge is 0.496 e. The van der Waals surface area contributed by atoms with Crippen LogP contribution in [0.4, 0.5) is 0 Å². The van der Waals surface area contributed by atoms with Crippen LogP contribution in [-0.4, -0.2) is 16.7 Å². The predicted octanol–water partition coefficient (Wildman–Crippen LogP) is 2.48. The van der Waals surface area contributed by atoms with Crippen molar-refractivity contribution < 1.29 is 4.74 Å². The predicted molar refractivity (Wildman–Crippen MR) is 77.3 cm³/mol. The second-order valence-electron chi connectivity index (χ2n) is 4.87. The van der Waals surface area contributed by atoms with Gasteiger partial charge in [0.25, 0.3) is 0 Å². The molecule has 0 spiro atoms. The van der Waals surface area contributed by atoms with Gasteiger partial charge in [-0.3, -0.25) is 0 Å². The van der Waals surface area contributed by atoms with E-state index < -0.39 is 0 Å². The van der Waals surface area contributed by atoms with Crippen LogP contribution < -0.4 is 10.5 Å². The first-order valence-corrected chi connectivity index (χ1v) is 6.37. The number of ether oxygens (including phenoxy) is 1. The minimum atomic E-state index is 0.450. The van der Waals surface area contributed by atoms with Gasteiger partial charge in [-0.05, 0) is 44.0 Å². The molecule has 0 amide bonds. The fourth-order valence-electron chi connectivity index (χ4n) is 2.50. The van der Waals surface area contributed by atoms with Crippen LogP contribution >= 0.6 is 0 Å². The smallest absolute Gasteiger partial charge is 0.124 e. The van der Waals surface area contributed by atoms with Gasteiger partial charge < -0.3 is 15.0 Å². The molecule has 0 saturated heterocycles. The van der Waals surface area contributed by atoms with Crippen LogP contribution in [0.2, 0.25) is 0 Å². The van der Waals surface area contributed by atoms with Crippen LogP contribution in [0, 0.1) is 20.8 Å². The molecule has 0 saturated carbocycles. The number of methoxy groups -OCH3 is 1. The molecule has 2 N–H and O–H groups in total. The minimum absolute atomic E-state index is 0.450. The van der Waals surface area contributed by atoms with Crippen molar-refractivity contribution in [1.29, 1.82) is 0 Å². The first kappa shape index (κ1) is 13.6. The molecule has 2 rings (SSSR count). The lowest BCUT2D eigenvalue weighted by atomic mass is 10.0. The Morgan fingerprint density at radius 2 is 1.79 bits per heavy atom. The van der Waals surface area contributed by atoms with Gasteiger partial charge >= 0.3 is 0 Å². The van der Waals surface area contributed by atoms with Crippen molar-refractivity contribution >= 4 is 0 Å². The van der Waals surface area contributed by atoms with Gasteiger partial charge in [0.1, 0.15) is 11.6 Å². The van der Waals surface area contributed by atoms with Crippen LogP contribution in [0.25, 0.3) is 11.3 Å². The highest BCUT2D eigenvalue weighted by Gasteiger charge is 2.14. The molecule has 0 unspecified atom stereocenters. The zero-order valence-corrected chi connectivity index (χ0v) is 12.2. The summed E-state index contributed by atoms with van der Waals surface area (Å²) in [6, 6.07) is 4.23. The van der Waals surface area contributed by atoms with Gasteiger partial charge in [-0.2, -0.15) is 0 Å². The Bertz CT molecular complexity index is 591. The molecule has 0 radical (unpaired) electrons. The zero-order valence-electron chi connectivity index (χ0n) is 12.2. The molecule has 19 heavy (non-hydrogen) atoms. The fourth-order valence-corrected chi connectivity index (χ4v) is 2.50. The number of hydrogen-bond donors (Lipinski definition) is 1. The van der Waals surface area contributed by atoms with Gasteiger partial charge in [-0.1, -0.05) is 0 Å². The molecule has 4 heteroatoms. The number of aryl methyl sites for hydroxylation is 2. The first-order chi connectivity index (χ1) is 8.99. The van der Waals surface area contributed by atoms with E-state index in [1.165, 1.54) is 0 Å². The molecule has 1 aromatic heterocycles. The van der Waals surface area contributed by atoms with E-state index in [1.807, 2.05) is 11.6 Å². The maximum Gasteiger partial charge on any atom is 0.124 e. The standard InChI is InChI=1S/C15H21N3O/c1-9-6-12(7-10(2)15(9)19-5)14-11(3)18(4)13(8-16)17-14/h6-7H,8,16H2,1-5H3. The summed E-state index contributed by atoms with van der Waals surface area (Å²) in [7, 11) is 3.70. The summed E-state index contributed by atoms with van der Waals surface area (Å²) < 4.78 is 7.45.